The smallest absolute Gasteiger partial charge is 0.255 e. The highest BCUT2D eigenvalue weighted by molar-refractivity contribution is 5.91. The first-order chi connectivity index (χ1) is 13.5. The van der Waals surface area contributed by atoms with E-state index in [0.29, 0.717) is 17.5 Å². The molecule has 0 unspecified atom stereocenters. The van der Waals surface area contributed by atoms with Crippen molar-refractivity contribution in [2.24, 2.45) is 0 Å². The molecule has 8 heteroatoms. The molecule has 0 saturated heterocycles. The lowest BCUT2D eigenvalue weighted by atomic mass is 10.1. The van der Waals surface area contributed by atoms with Crippen LogP contribution >= 0.6 is 0 Å². The Kier molecular flexibility index (Phi) is 4.68. The Morgan fingerprint density at radius 1 is 1.29 bits per heavy atom. The van der Waals surface area contributed by atoms with Crippen molar-refractivity contribution in [1.29, 1.82) is 0 Å². The monoisotopic (exact) mass is 379 g/mol. The van der Waals surface area contributed by atoms with Gasteiger partial charge in [0.05, 0.1) is 24.9 Å². The maximum absolute atomic E-state index is 12.5. The van der Waals surface area contributed by atoms with E-state index in [1.165, 1.54) is 4.68 Å². The van der Waals surface area contributed by atoms with E-state index in [1.807, 2.05) is 31.2 Å². The third-order valence-corrected chi connectivity index (χ3v) is 4.75. The molecule has 0 aliphatic heterocycles. The normalized spacial score (nSPS) is 12.6. The zero-order valence-corrected chi connectivity index (χ0v) is 15.8. The number of nitrogens with one attached hydrogen (secondary N) is 2. The van der Waals surface area contributed by atoms with E-state index in [0.717, 1.165) is 41.8 Å². The fourth-order valence-corrected chi connectivity index (χ4v) is 3.39. The lowest BCUT2D eigenvalue weighted by Gasteiger charge is -2.09. The molecular weight excluding hydrogens is 358 g/mol. The minimum absolute atomic E-state index is 0.138. The Balaban J connectivity index is 1.57. The summed E-state index contributed by atoms with van der Waals surface area (Å²) in [6.07, 6.45) is 2.67. The zero-order valence-electron chi connectivity index (χ0n) is 15.8. The molecule has 144 valence electrons. The van der Waals surface area contributed by atoms with Crippen LogP contribution in [0.2, 0.25) is 0 Å². The van der Waals surface area contributed by atoms with Gasteiger partial charge in [-0.1, -0.05) is 12.1 Å². The van der Waals surface area contributed by atoms with Crippen LogP contribution in [0.3, 0.4) is 0 Å². The topological polar surface area (TPSA) is 102 Å². The minimum Gasteiger partial charge on any atom is -0.497 e. The molecule has 0 fully saturated rings. The van der Waals surface area contributed by atoms with Crippen LogP contribution in [0.1, 0.15) is 28.9 Å². The summed E-state index contributed by atoms with van der Waals surface area (Å²) in [7, 11) is 1.60. The second-order valence-electron chi connectivity index (χ2n) is 6.82. The third-order valence-electron chi connectivity index (χ3n) is 4.75. The number of ether oxygens (including phenoxy) is 1. The fourth-order valence-electron chi connectivity index (χ4n) is 3.39. The number of aromatic nitrogens is 4. The lowest BCUT2D eigenvalue weighted by Crippen LogP contribution is -2.21. The molecule has 1 aliphatic rings. The van der Waals surface area contributed by atoms with Gasteiger partial charge in [-0.2, -0.15) is 9.78 Å². The summed E-state index contributed by atoms with van der Waals surface area (Å²) in [5.74, 6) is 1.34. The predicted octanol–water partition coefficient (Wildman–Crippen LogP) is 1.94. The van der Waals surface area contributed by atoms with Crippen molar-refractivity contribution in [1.82, 2.24) is 19.7 Å². The number of fused-ring (bicyclic) bond motifs is 1. The van der Waals surface area contributed by atoms with Crippen LogP contribution in [0.5, 0.6) is 5.75 Å². The summed E-state index contributed by atoms with van der Waals surface area (Å²) in [6, 6.07) is 9.08. The Morgan fingerprint density at radius 2 is 2.07 bits per heavy atom. The van der Waals surface area contributed by atoms with E-state index in [-0.39, 0.29) is 17.9 Å². The van der Waals surface area contributed by atoms with Gasteiger partial charge in [0.15, 0.2) is 0 Å². The standard InChI is InChI=1S/C20H21N5O3/c1-12-10-17(22-18(26)11-13-6-8-14(28-2)9-7-13)25(24-12)20-21-16-5-3-4-15(16)19(27)23-20/h6-10H,3-5,11H2,1-2H3,(H,22,26)(H,21,23,27). The number of rotatable bonds is 5. The van der Waals surface area contributed by atoms with E-state index in [2.05, 4.69) is 20.4 Å². The number of carbonyl (C=O) groups excluding carboxylic acids is 1. The van der Waals surface area contributed by atoms with Gasteiger partial charge in [-0.05, 0) is 43.9 Å². The molecule has 28 heavy (non-hydrogen) atoms. The van der Waals surface area contributed by atoms with Gasteiger partial charge in [0, 0.05) is 11.6 Å². The van der Waals surface area contributed by atoms with Crippen molar-refractivity contribution in [3.05, 3.63) is 63.2 Å². The number of carbonyl (C=O) groups is 1. The van der Waals surface area contributed by atoms with Gasteiger partial charge in [0.2, 0.25) is 11.9 Å². The number of amides is 1. The molecular formula is C20H21N5O3. The summed E-state index contributed by atoms with van der Waals surface area (Å²) >= 11 is 0. The molecule has 2 N–H and O–H groups in total. The van der Waals surface area contributed by atoms with Gasteiger partial charge < -0.3 is 10.1 Å². The van der Waals surface area contributed by atoms with Gasteiger partial charge in [0.25, 0.3) is 5.56 Å². The molecule has 0 saturated carbocycles. The van der Waals surface area contributed by atoms with Crippen molar-refractivity contribution in [3.63, 3.8) is 0 Å². The summed E-state index contributed by atoms with van der Waals surface area (Å²) in [5.41, 5.74) is 2.99. The largest absolute Gasteiger partial charge is 0.497 e. The molecule has 1 amide bonds. The number of methoxy groups -OCH3 is 1. The number of aromatic amines is 1. The number of aryl methyl sites for hydroxylation is 2. The molecule has 0 spiro atoms. The van der Waals surface area contributed by atoms with Gasteiger partial charge in [0.1, 0.15) is 11.6 Å². The number of anilines is 1. The molecule has 8 nitrogen and oxygen atoms in total. The molecule has 2 heterocycles. The van der Waals surface area contributed by atoms with E-state index >= 15 is 0 Å². The van der Waals surface area contributed by atoms with E-state index < -0.39 is 0 Å². The Hall–Kier alpha value is -3.42. The lowest BCUT2D eigenvalue weighted by molar-refractivity contribution is -0.115. The third kappa shape index (κ3) is 3.53. The molecule has 3 aromatic rings. The maximum atomic E-state index is 12.5. The Morgan fingerprint density at radius 3 is 2.82 bits per heavy atom. The average Bonchev–Trinajstić information content (AvgIpc) is 3.29. The van der Waals surface area contributed by atoms with Crippen LogP contribution in [0.4, 0.5) is 5.82 Å². The maximum Gasteiger partial charge on any atom is 0.255 e. The SMILES string of the molecule is COc1ccc(CC(=O)Nc2cc(C)nn2-c2nc3c(c(=O)[nH]2)CCC3)cc1. The van der Waals surface area contributed by atoms with Crippen molar-refractivity contribution in [3.8, 4) is 11.7 Å². The predicted molar refractivity (Wildman–Crippen MR) is 104 cm³/mol. The number of H-pyrrole nitrogens is 1. The van der Waals surface area contributed by atoms with Crippen LogP contribution in [0, 0.1) is 6.92 Å². The van der Waals surface area contributed by atoms with E-state index in [9.17, 15) is 9.59 Å². The molecule has 0 bridgehead atoms. The van der Waals surface area contributed by atoms with Crippen LogP contribution in [0.15, 0.2) is 35.1 Å². The van der Waals surface area contributed by atoms with Gasteiger partial charge in [-0.3, -0.25) is 14.6 Å². The molecule has 1 aromatic carbocycles. The number of benzene rings is 1. The first-order valence-electron chi connectivity index (χ1n) is 9.15. The molecule has 4 rings (SSSR count). The Bertz CT molecular complexity index is 1080. The van der Waals surface area contributed by atoms with Gasteiger partial charge in [-0.15, -0.1) is 0 Å². The number of hydrogen-bond donors (Lipinski definition) is 2. The summed E-state index contributed by atoms with van der Waals surface area (Å²) in [5, 5.41) is 7.25. The number of hydrogen-bond acceptors (Lipinski definition) is 5. The molecule has 0 atom stereocenters. The second kappa shape index (κ2) is 7.30. The molecule has 0 radical (unpaired) electrons. The van der Waals surface area contributed by atoms with Crippen LogP contribution < -0.4 is 15.6 Å². The molecule has 2 aromatic heterocycles. The van der Waals surface area contributed by atoms with Gasteiger partial charge in [-0.25, -0.2) is 4.98 Å². The highest BCUT2D eigenvalue weighted by Crippen LogP contribution is 2.19. The van der Waals surface area contributed by atoms with Crippen molar-refractivity contribution < 1.29 is 9.53 Å². The minimum atomic E-state index is -0.185. The van der Waals surface area contributed by atoms with Gasteiger partial charge >= 0.3 is 0 Å². The second-order valence-corrected chi connectivity index (χ2v) is 6.82. The first-order valence-corrected chi connectivity index (χ1v) is 9.15. The quantitative estimate of drug-likeness (QED) is 0.705. The van der Waals surface area contributed by atoms with Crippen LogP contribution in [-0.4, -0.2) is 32.8 Å². The Labute approximate surface area is 161 Å². The zero-order chi connectivity index (χ0) is 19.7. The van der Waals surface area contributed by atoms with Crippen molar-refractivity contribution >= 4 is 11.7 Å². The van der Waals surface area contributed by atoms with E-state index in [4.69, 9.17) is 4.74 Å². The molecule has 1 aliphatic carbocycles. The fraction of sp³-hybridized carbons (Fsp3) is 0.300. The summed E-state index contributed by atoms with van der Waals surface area (Å²) < 4.78 is 6.60. The highest BCUT2D eigenvalue weighted by Gasteiger charge is 2.20. The van der Waals surface area contributed by atoms with Crippen LogP contribution in [0.25, 0.3) is 5.95 Å². The van der Waals surface area contributed by atoms with Crippen LogP contribution in [-0.2, 0) is 24.1 Å². The highest BCUT2D eigenvalue weighted by atomic mass is 16.5. The summed E-state index contributed by atoms with van der Waals surface area (Å²) in [6.45, 7) is 1.82. The summed E-state index contributed by atoms with van der Waals surface area (Å²) in [4.78, 5) is 32.1. The van der Waals surface area contributed by atoms with E-state index in [1.54, 1.807) is 13.2 Å². The first kappa shape index (κ1) is 18.0. The van der Waals surface area contributed by atoms with Crippen molar-refractivity contribution in [2.75, 3.05) is 12.4 Å². The average molecular weight is 379 g/mol. The number of nitrogens with zero attached hydrogens (tertiary/aromatic N) is 3. The van der Waals surface area contributed by atoms with Crippen molar-refractivity contribution in [2.45, 2.75) is 32.6 Å².